The van der Waals surface area contributed by atoms with Crippen molar-refractivity contribution in [2.75, 3.05) is 5.32 Å². The number of rotatable bonds is 8. The average molecular weight is 484 g/mol. The lowest BCUT2D eigenvalue weighted by molar-refractivity contribution is -0.129. The zero-order valence-corrected chi connectivity index (χ0v) is 19.6. The van der Waals surface area contributed by atoms with E-state index in [9.17, 15) is 19.2 Å². The van der Waals surface area contributed by atoms with Crippen LogP contribution in [0.15, 0.2) is 91.0 Å². The van der Waals surface area contributed by atoms with Crippen molar-refractivity contribution in [2.24, 2.45) is 0 Å². The van der Waals surface area contributed by atoms with Gasteiger partial charge in [-0.1, -0.05) is 55.5 Å². The molecule has 3 N–H and O–H groups in total. The summed E-state index contributed by atoms with van der Waals surface area (Å²) in [6, 6.07) is 22.3. The highest BCUT2D eigenvalue weighted by molar-refractivity contribution is 5.99. The molecule has 3 aromatic carbocycles. The smallest absolute Gasteiger partial charge is 0.336 e. The zero-order chi connectivity index (χ0) is 25.8. The Morgan fingerprint density at radius 1 is 0.778 bits per heavy atom. The molecule has 0 aliphatic heterocycles. The third-order valence-electron chi connectivity index (χ3n) is 4.81. The molecule has 0 aliphatic carbocycles. The molecule has 0 radical (unpaired) electrons. The highest BCUT2D eigenvalue weighted by Gasteiger charge is 2.08. The number of esters is 1. The molecule has 36 heavy (non-hydrogen) atoms. The van der Waals surface area contributed by atoms with Gasteiger partial charge in [-0.3, -0.25) is 25.2 Å². The van der Waals surface area contributed by atoms with Gasteiger partial charge in [-0.2, -0.15) is 0 Å². The number of hydrogen-bond donors (Lipinski definition) is 3. The zero-order valence-electron chi connectivity index (χ0n) is 19.6. The summed E-state index contributed by atoms with van der Waals surface area (Å²) in [6.45, 7) is 1.74. The van der Waals surface area contributed by atoms with Crippen molar-refractivity contribution in [3.05, 3.63) is 108 Å². The van der Waals surface area contributed by atoms with E-state index in [1.165, 1.54) is 30.4 Å². The van der Waals surface area contributed by atoms with E-state index in [1.807, 2.05) is 30.3 Å². The molecule has 182 valence electrons. The van der Waals surface area contributed by atoms with E-state index in [0.29, 0.717) is 23.2 Å². The van der Waals surface area contributed by atoms with Crippen molar-refractivity contribution in [3.8, 4) is 5.75 Å². The lowest BCUT2D eigenvalue weighted by atomic mass is 10.2. The summed E-state index contributed by atoms with van der Waals surface area (Å²) in [5, 5.41) is 2.69. The molecule has 0 heterocycles. The van der Waals surface area contributed by atoms with Crippen LogP contribution in [-0.2, 0) is 14.4 Å². The van der Waals surface area contributed by atoms with Gasteiger partial charge in [0, 0.05) is 35.4 Å². The summed E-state index contributed by atoms with van der Waals surface area (Å²) >= 11 is 0. The maximum atomic E-state index is 12.3. The minimum atomic E-state index is -0.583. The molecule has 0 atom stereocenters. The topological polar surface area (TPSA) is 114 Å². The van der Waals surface area contributed by atoms with Crippen LogP contribution < -0.4 is 20.9 Å². The molecule has 0 saturated heterocycles. The Kier molecular flexibility index (Phi) is 9.29. The lowest BCUT2D eigenvalue weighted by Crippen LogP contribution is -2.40. The SMILES string of the molecule is CCC(=O)Nc1ccc(C(=O)NNC(=O)/C=C/c2ccccc2OC(=O)/C=C/c2ccccc2)cc1. The van der Waals surface area contributed by atoms with E-state index in [2.05, 4.69) is 16.2 Å². The Hall–Kier alpha value is -4.98. The molecule has 0 spiro atoms. The first-order valence-electron chi connectivity index (χ1n) is 11.2. The Balaban J connectivity index is 1.53. The summed E-state index contributed by atoms with van der Waals surface area (Å²) in [5.74, 6) is -1.52. The van der Waals surface area contributed by atoms with Crippen LogP contribution in [0.4, 0.5) is 5.69 Å². The molecular formula is C28H25N3O5. The highest BCUT2D eigenvalue weighted by Crippen LogP contribution is 2.20. The molecule has 0 saturated carbocycles. The summed E-state index contributed by atoms with van der Waals surface area (Å²) in [6.07, 6.45) is 5.99. The van der Waals surface area contributed by atoms with Gasteiger partial charge in [-0.05, 0) is 48.0 Å². The van der Waals surface area contributed by atoms with Crippen LogP contribution in [-0.4, -0.2) is 23.7 Å². The molecule has 8 nitrogen and oxygen atoms in total. The Morgan fingerprint density at radius 2 is 1.47 bits per heavy atom. The molecule has 0 aromatic heterocycles. The summed E-state index contributed by atoms with van der Waals surface area (Å²) in [4.78, 5) is 48.0. The largest absolute Gasteiger partial charge is 0.423 e. The normalized spacial score (nSPS) is 10.7. The number of para-hydroxylation sites is 1. The fourth-order valence-corrected chi connectivity index (χ4v) is 2.93. The Bertz CT molecular complexity index is 1280. The van der Waals surface area contributed by atoms with E-state index in [0.717, 1.165) is 5.56 Å². The van der Waals surface area contributed by atoms with Gasteiger partial charge in [0.05, 0.1) is 0 Å². The van der Waals surface area contributed by atoms with Crippen molar-refractivity contribution in [3.63, 3.8) is 0 Å². The van der Waals surface area contributed by atoms with Crippen molar-refractivity contribution in [2.45, 2.75) is 13.3 Å². The number of carbonyl (C=O) groups excluding carboxylic acids is 4. The maximum Gasteiger partial charge on any atom is 0.336 e. The fraction of sp³-hybridized carbons (Fsp3) is 0.0714. The Morgan fingerprint density at radius 3 is 2.19 bits per heavy atom. The van der Waals surface area contributed by atoms with Gasteiger partial charge in [0.15, 0.2) is 0 Å². The van der Waals surface area contributed by atoms with Crippen molar-refractivity contribution >= 4 is 41.5 Å². The highest BCUT2D eigenvalue weighted by atomic mass is 16.5. The third-order valence-corrected chi connectivity index (χ3v) is 4.81. The van der Waals surface area contributed by atoms with Gasteiger partial charge >= 0.3 is 5.97 Å². The van der Waals surface area contributed by atoms with E-state index >= 15 is 0 Å². The van der Waals surface area contributed by atoms with E-state index in [4.69, 9.17) is 4.74 Å². The summed E-state index contributed by atoms with van der Waals surface area (Å²) in [5.41, 5.74) is 6.84. The number of anilines is 1. The number of hydrogen-bond acceptors (Lipinski definition) is 5. The van der Waals surface area contributed by atoms with E-state index in [-0.39, 0.29) is 11.7 Å². The van der Waals surface area contributed by atoms with Crippen molar-refractivity contribution in [1.29, 1.82) is 0 Å². The van der Waals surface area contributed by atoms with Crippen molar-refractivity contribution < 1.29 is 23.9 Å². The second kappa shape index (κ2) is 13.0. The average Bonchev–Trinajstić information content (AvgIpc) is 2.91. The van der Waals surface area contributed by atoms with Gasteiger partial charge in [0.1, 0.15) is 5.75 Å². The van der Waals surface area contributed by atoms with E-state index in [1.54, 1.807) is 49.4 Å². The number of hydrazine groups is 1. The predicted octanol–water partition coefficient (Wildman–Crippen LogP) is 4.13. The monoisotopic (exact) mass is 483 g/mol. The number of benzene rings is 3. The molecule has 3 rings (SSSR count). The standard InChI is InChI=1S/C28H25N3O5/c1-2-25(32)29-23-16-13-22(14-17-23)28(35)31-30-26(33)18-15-21-10-6-7-11-24(21)36-27(34)19-12-20-8-4-3-5-9-20/h3-19H,2H2,1H3,(H,29,32)(H,30,33)(H,31,35)/b18-15+,19-12+. The first kappa shape index (κ1) is 25.6. The molecule has 0 bridgehead atoms. The minimum Gasteiger partial charge on any atom is -0.423 e. The van der Waals surface area contributed by atoms with E-state index < -0.39 is 17.8 Å². The lowest BCUT2D eigenvalue weighted by Gasteiger charge is -2.08. The van der Waals surface area contributed by atoms with Gasteiger partial charge < -0.3 is 10.1 Å². The third kappa shape index (κ3) is 8.11. The first-order valence-corrected chi connectivity index (χ1v) is 11.2. The number of carbonyl (C=O) groups is 4. The molecule has 3 aromatic rings. The van der Waals surface area contributed by atoms with Crippen LogP contribution in [0.3, 0.4) is 0 Å². The molecule has 0 fully saturated rings. The predicted molar refractivity (Wildman–Crippen MR) is 138 cm³/mol. The first-order chi connectivity index (χ1) is 17.4. The number of nitrogens with one attached hydrogen (secondary N) is 3. The molecule has 0 unspecified atom stereocenters. The van der Waals surface area contributed by atoms with Crippen LogP contribution in [0.25, 0.3) is 12.2 Å². The molecular weight excluding hydrogens is 458 g/mol. The second-order valence-corrected chi connectivity index (χ2v) is 7.46. The van der Waals surface area contributed by atoms with Gasteiger partial charge in [0.25, 0.3) is 11.8 Å². The van der Waals surface area contributed by atoms with Crippen LogP contribution in [0.5, 0.6) is 5.75 Å². The van der Waals surface area contributed by atoms with Crippen LogP contribution in [0.1, 0.15) is 34.8 Å². The summed E-state index contributed by atoms with van der Waals surface area (Å²) < 4.78 is 5.39. The maximum absolute atomic E-state index is 12.3. The molecule has 8 heteroatoms. The van der Waals surface area contributed by atoms with Gasteiger partial charge in [-0.25, -0.2) is 4.79 Å². The number of amides is 3. The second-order valence-electron chi connectivity index (χ2n) is 7.46. The minimum absolute atomic E-state index is 0.133. The van der Waals surface area contributed by atoms with Crippen LogP contribution >= 0.6 is 0 Å². The Labute approximate surface area is 208 Å². The molecule has 0 aliphatic rings. The quantitative estimate of drug-likeness (QED) is 0.193. The summed E-state index contributed by atoms with van der Waals surface area (Å²) in [7, 11) is 0. The van der Waals surface area contributed by atoms with Gasteiger partial charge in [-0.15, -0.1) is 0 Å². The van der Waals surface area contributed by atoms with Crippen LogP contribution in [0, 0.1) is 0 Å². The number of ether oxygens (including phenoxy) is 1. The molecule has 3 amide bonds. The van der Waals surface area contributed by atoms with Crippen molar-refractivity contribution in [1.82, 2.24) is 10.9 Å². The van der Waals surface area contributed by atoms with Crippen LogP contribution in [0.2, 0.25) is 0 Å². The van der Waals surface area contributed by atoms with Gasteiger partial charge in [0.2, 0.25) is 5.91 Å². The fourth-order valence-electron chi connectivity index (χ4n) is 2.93.